The monoisotopic (exact) mass is 295 g/mol. The summed E-state index contributed by atoms with van der Waals surface area (Å²) in [6.45, 7) is 0. The Hall–Kier alpha value is -1.71. The highest BCUT2D eigenvalue weighted by Crippen LogP contribution is 2.29. The largest absolute Gasteiger partial charge is 0.497 e. The molecular weight excluding hydrogens is 285 g/mol. The van der Waals surface area contributed by atoms with Gasteiger partial charge in [-0.05, 0) is 30.3 Å². The number of benzene rings is 2. The fourth-order valence-electron chi connectivity index (χ4n) is 1.68. The van der Waals surface area contributed by atoms with Crippen LogP contribution in [-0.2, 0) is 0 Å². The van der Waals surface area contributed by atoms with Crippen molar-refractivity contribution >= 4 is 34.7 Å². The van der Waals surface area contributed by atoms with Crippen LogP contribution in [0.2, 0.25) is 10.0 Å². The van der Waals surface area contributed by atoms with Gasteiger partial charge in [0.15, 0.2) is 5.78 Å². The number of ketones is 1. The number of methoxy groups -OCH3 is 1. The molecule has 3 nitrogen and oxygen atoms in total. The SMILES string of the molecule is COc1ccc(N)c(C(=O)c2cccc(Cl)c2Cl)c1. The van der Waals surface area contributed by atoms with Gasteiger partial charge in [0.25, 0.3) is 0 Å². The molecule has 98 valence electrons. The van der Waals surface area contributed by atoms with E-state index in [9.17, 15) is 4.79 Å². The first-order chi connectivity index (χ1) is 9.04. The number of ether oxygens (including phenoxy) is 1. The van der Waals surface area contributed by atoms with Gasteiger partial charge in [-0.1, -0.05) is 29.3 Å². The van der Waals surface area contributed by atoms with Crippen molar-refractivity contribution in [2.45, 2.75) is 0 Å². The number of nitrogens with two attached hydrogens (primary N) is 1. The maximum absolute atomic E-state index is 12.4. The minimum atomic E-state index is -0.288. The van der Waals surface area contributed by atoms with Crippen LogP contribution in [0.5, 0.6) is 5.75 Å². The number of nitrogen functional groups attached to an aromatic ring is 1. The molecule has 0 spiro atoms. The molecule has 0 heterocycles. The number of anilines is 1. The number of rotatable bonds is 3. The summed E-state index contributed by atoms with van der Waals surface area (Å²) in [7, 11) is 1.52. The average molecular weight is 296 g/mol. The molecule has 0 aliphatic carbocycles. The Morgan fingerprint density at radius 2 is 1.89 bits per heavy atom. The molecule has 19 heavy (non-hydrogen) atoms. The molecule has 2 N–H and O–H groups in total. The van der Waals surface area contributed by atoms with Gasteiger partial charge in [0.2, 0.25) is 0 Å². The van der Waals surface area contributed by atoms with Crippen LogP contribution in [0, 0.1) is 0 Å². The molecule has 0 fully saturated rings. The van der Waals surface area contributed by atoms with E-state index in [0.29, 0.717) is 27.6 Å². The maximum atomic E-state index is 12.4. The normalized spacial score (nSPS) is 10.3. The number of halogens is 2. The van der Waals surface area contributed by atoms with Crippen LogP contribution in [0.1, 0.15) is 15.9 Å². The van der Waals surface area contributed by atoms with Crippen molar-refractivity contribution in [3.63, 3.8) is 0 Å². The highest BCUT2D eigenvalue weighted by Gasteiger charge is 2.17. The maximum Gasteiger partial charge on any atom is 0.196 e. The zero-order valence-corrected chi connectivity index (χ0v) is 11.6. The van der Waals surface area contributed by atoms with E-state index in [1.807, 2.05) is 0 Å². The lowest BCUT2D eigenvalue weighted by Crippen LogP contribution is -2.06. The van der Waals surface area contributed by atoms with Gasteiger partial charge in [0.05, 0.1) is 17.2 Å². The van der Waals surface area contributed by atoms with Crippen LogP contribution >= 0.6 is 23.2 Å². The molecule has 2 rings (SSSR count). The number of carbonyl (C=O) groups is 1. The van der Waals surface area contributed by atoms with Crippen LogP contribution < -0.4 is 10.5 Å². The summed E-state index contributed by atoms with van der Waals surface area (Å²) in [6, 6.07) is 9.77. The highest BCUT2D eigenvalue weighted by molar-refractivity contribution is 6.44. The summed E-state index contributed by atoms with van der Waals surface area (Å²) in [5, 5.41) is 0.547. The van der Waals surface area contributed by atoms with E-state index < -0.39 is 0 Å². The molecule has 2 aromatic carbocycles. The lowest BCUT2D eigenvalue weighted by molar-refractivity contribution is 0.103. The fourth-order valence-corrected chi connectivity index (χ4v) is 2.07. The van der Waals surface area contributed by atoms with E-state index in [1.165, 1.54) is 7.11 Å². The van der Waals surface area contributed by atoms with Gasteiger partial charge in [-0.25, -0.2) is 0 Å². The summed E-state index contributed by atoms with van der Waals surface area (Å²) >= 11 is 11.9. The lowest BCUT2D eigenvalue weighted by Gasteiger charge is -2.09. The fraction of sp³-hybridized carbons (Fsp3) is 0.0714. The van der Waals surface area contributed by atoms with Crippen LogP contribution in [0.3, 0.4) is 0 Å². The third-order valence-corrected chi connectivity index (χ3v) is 3.52. The molecule has 2 aromatic rings. The molecule has 0 saturated carbocycles. The van der Waals surface area contributed by atoms with Crippen molar-refractivity contribution in [1.29, 1.82) is 0 Å². The molecular formula is C14H11Cl2NO2. The first kappa shape index (κ1) is 13.7. The Morgan fingerprint density at radius 3 is 2.58 bits per heavy atom. The molecule has 0 radical (unpaired) electrons. The summed E-state index contributed by atoms with van der Waals surface area (Å²) in [6.07, 6.45) is 0. The third-order valence-electron chi connectivity index (χ3n) is 2.70. The van der Waals surface area contributed by atoms with Crippen LogP contribution in [0.4, 0.5) is 5.69 Å². The Morgan fingerprint density at radius 1 is 1.16 bits per heavy atom. The van der Waals surface area contributed by atoms with Crippen molar-refractivity contribution < 1.29 is 9.53 Å². The van der Waals surface area contributed by atoms with Crippen molar-refractivity contribution in [3.05, 3.63) is 57.6 Å². The van der Waals surface area contributed by atoms with Crippen LogP contribution in [0.15, 0.2) is 36.4 Å². The topological polar surface area (TPSA) is 52.3 Å². The van der Waals surface area contributed by atoms with E-state index in [0.717, 1.165) is 0 Å². The molecule has 0 aliphatic rings. The second kappa shape index (κ2) is 5.51. The summed E-state index contributed by atoms with van der Waals surface area (Å²) in [5.74, 6) is 0.264. The number of carbonyl (C=O) groups excluding carboxylic acids is 1. The van der Waals surface area contributed by atoms with Gasteiger partial charge < -0.3 is 10.5 Å². The van der Waals surface area contributed by atoms with E-state index >= 15 is 0 Å². The second-order valence-electron chi connectivity index (χ2n) is 3.88. The highest BCUT2D eigenvalue weighted by atomic mass is 35.5. The van der Waals surface area contributed by atoms with Crippen LogP contribution in [0.25, 0.3) is 0 Å². The van der Waals surface area contributed by atoms with Gasteiger partial charge in [0, 0.05) is 16.8 Å². The molecule has 0 atom stereocenters. The van der Waals surface area contributed by atoms with E-state index in [2.05, 4.69) is 0 Å². The van der Waals surface area contributed by atoms with Crippen molar-refractivity contribution in [2.24, 2.45) is 0 Å². The summed E-state index contributed by atoms with van der Waals surface area (Å²) in [4.78, 5) is 12.4. The molecule has 0 bridgehead atoms. The Kier molecular flexibility index (Phi) is 3.98. The van der Waals surface area contributed by atoms with Gasteiger partial charge >= 0.3 is 0 Å². The van der Waals surface area contributed by atoms with Gasteiger partial charge in [-0.3, -0.25) is 4.79 Å². The molecule has 0 aromatic heterocycles. The molecule has 5 heteroatoms. The first-order valence-electron chi connectivity index (χ1n) is 5.47. The molecule has 0 amide bonds. The second-order valence-corrected chi connectivity index (χ2v) is 4.67. The van der Waals surface area contributed by atoms with Crippen molar-refractivity contribution in [1.82, 2.24) is 0 Å². The zero-order chi connectivity index (χ0) is 14.0. The van der Waals surface area contributed by atoms with Gasteiger partial charge in [0.1, 0.15) is 5.75 Å². The first-order valence-corrected chi connectivity index (χ1v) is 6.22. The van der Waals surface area contributed by atoms with Gasteiger partial charge in [-0.15, -0.1) is 0 Å². The Labute approximate surface area is 120 Å². The minimum Gasteiger partial charge on any atom is -0.497 e. The van der Waals surface area contributed by atoms with Crippen molar-refractivity contribution in [2.75, 3.05) is 12.8 Å². The summed E-state index contributed by atoms with van der Waals surface area (Å²) in [5.41, 5.74) is 6.83. The Balaban J connectivity index is 2.53. The zero-order valence-electron chi connectivity index (χ0n) is 10.1. The predicted octanol–water partition coefficient (Wildman–Crippen LogP) is 3.82. The van der Waals surface area contributed by atoms with E-state index in [-0.39, 0.29) is 10.8 Å². The summed E-state index contributed by atoms with van der Waals surface area (Å²) < 4.78 is 5.08. The number of hydrogen-bond donors (Lipinski definition) is 1. The third kappa shape index (κ3) is 2.67. The molecule has 0 aliphatic heterocycles. The van der Waals surface area contributed by atoms with E-state index in [1.54, 1.807) is 36.4 Å². The average Bonchev–Trinajstić information content (AvgIpc) is 2.42. The number of hydrogen-bond acceptors (Lipinski definition) is 3. The smallest absolute Gasteiger partial charge is 0.196 e. The quantitative estimate of drug-likeness (QED) is 0.692. The molecule has 0 saturated heterocycles. The Bertz CT molecular complexity index is 641. The lowest BCUT2D eigenvalue weighted by atomic mass is 10.0. The molecule has 0 unspecified atom stereocenters. The minimum absolute atomic E-state index is 0.219. The van der Waals surface area contributed by atoms with Gasteiger partial charge in [-0.2, -0.15) is 0 Å². The predicted molar refractivity (Wildman–Crippen MR) is 77.3 cm³/mol. The van der Waals surface area contributed by atoms with Crippen LogP contribution in [-0.4, -0.2) is 12.9 Å². The standard InChI is InChI=1S/C14H11Cl2NO2/c1-19-8-5-6-12(17)10(7-8)14(18)9-3-2-4-11(15)13(9)16/h2-7H,17H2,1H3. The van der Waals surface area contributed by atoms with E-state index in [4.69, 9.17) is 33.7 Å². The van der Waals surface area contributed by atoms with Crippen molar-refractivity contribution in [3.8, 4) is 5.75 Å².